The lowest BCUT2D eigenvalue weighted by Crippen LogP contribution is -2.36. The summed E-state index contributed by atoms with van der Waals surface area (Å²) in [5, 5.41) is 0. The van der Waals surface area contributed by atoms with Gasteiger partial charge in [-0.2, -0.15) is 4.31 Å². The van der Waals surface area contributed by atoms with Crippen LogP contribution in [0.1, 0.15) is 13.8 Å². The van der Waals surface area contributed by atoms with Crippen molar-refractivity contribution in [2.45, 2.75) is 18.7 Å². The van der Waals surface area contributed by atoms with Gasteiger partial charge in [-0.05, 0) is 24.6 Å². The van der Waals surface area contributed by atoms with E-state index < -0.39 is 10.0 Å². The molecule has 4 nitrogen and oxygen atoms in total. The molecule has 1 aromatic carbocycles. The number of benzene rings is 1. The van der Waals surface area contributed by atoms with Crippen molar-refractivity contribution in [2.75, 3.05) is 19.6 Å². The molecule has 0 bridgehead atoms. The topological polar surface area (TPSA) is 63.4 Å². The van der Waals surface area contributed by atoms with Crippen LogP contribution in [0.3, 0.4) is 0 Å². The normalized spacial score (nSPS) is 13.9. The van der Waals surface area contributed by atoms with Crippen molar-refractivity contribution < 1.29 is 8.42 Å². The number of nitrogens with zero attached hydrogens (tertiary/aromatic N) is 1. The molecule has 0 aromatic heterocycles. The van der Waals surface area contributed by atoms with Crippen LogP contribution in [-0.2, 0) is 10.0 Å². The van der Waals surface area contributed by atoms with Crippen LogP contribution in [0.4, 0.5) is 0 Å². The number of rotatable bonds is 6. The summed E-state index contributed by atoms with van der Waals surface area (Å²) in [6, 6.07) is 8.49. The van der Waals surface area contributed by atoms with Gasteiger partial charge in [0, 0.05) is 13.1 Å². The van der Waals surface area contributed by atoms with Crippen molar-refractivity contribution in [1.82, 2.24) is 4.31 Å². The summed E-state index contributed by atoms with van der Waals surface area (Å²) in [5.74, 6) is 0.161. The van der Waals surface area contributed by atoms with E-state index in [1.165, 1.54) is 4.31 Å². The number of hydrogen-bond acceptors (Lipinski definition) is 3. The number of sulfonamides is 1. The van der Waals surface area contributed by atoms with Crippen molar-refractivity contribution in [3.05, 3.63) is 30.3 Å². The molecular formula is C12H20N2O2S. The minimum absolute atomic E-state index is 0.161. The van der Waals surface area contributed by atoms with Crippen LogP contribution in [0.2, 0.25) is 0 Å². The second-order valence-corrected chi connectivity index (χ2v) is 6.05. The Kier molecular flexibility index (Phi) is 5.11. The van der Waals surface area contributed by atoms with E-state index in [2.05, 4.69) is 0 Å². The largest absolute Gasteiger partial charge is 0.330 e. The van der Waals surface area contributed by atoms with Gasteiger partial charge >= 0.3 is 0 Å². The van der Waals surface area contributed by atoms with Gasteiger partial charge in [0.2, 0.25) is 10.0 Å². The molecule has 0 saturated heterocycles. The molecule has 0 spiro atoms. The van der Waals surface area contributed by atoms with Crippen molar-refractivity contribution in [3.8, 4) is 0 Å². The molecule has 2 N–H and O–H groups in total. The second kappa shape index (κ2) is 6.14. The zero-order chi connectivity index (χ0) is 12.9. The molecule has 0 radical (unpaired) electrons. The molecule has 1 unspecified atom stereocenters. The van der Waals surface area contributed by atoms with Crippen molar-refractivity contribution >= 4 is 10.0 Å². The summed E-state index contributed by atoms with van der Waals surface area (Å²) in [5.41, 5.74) is 5.54. The molecule has 1 aromatic rings. The first-order valence-corrected chi connectivity index (χ1v) is 7.21. The molecule has 5 heteroatoms. The Morgan fingerprint density at radius 1 is 1.29 bits per heavy atom. The van der Waals surface area contributed by atoms with E-state index in [1.807, 2.05) is 13.8 Å². The maximum absolute atomic E-state index is 12.3. The van der Waals surface area contributed by atoms with Gasteiger partial charge in [-0.1, -0.05) is 32.0 Å². The molecule has 0 heterocycles. The Hall–Kier alpha value is -0.910. The summed E-state index contributed by atoms with van der Waals surface area (Å²) in [6.45, 7) is 5.19. The Morgan fingerprint density at radius 3 is 2.35 bits per heavy atom. The maximum Gasteiger partial charge on any atom is 0.243 e. The van der Waals surface area contributed by atoms with E-state index in [0.717, 1.165) is 0 Å². The zero-order valence-corrected chi connectivity index (χ0v) is 11.2. The van der Waals surface area contributed by atoms with Crippen LogP contribution in [-0.4, -0.2) is 32.4 Å². The maximum atomic E-state index is 12.3. The van der Waals surface area contributed by atoms with Crippen LogP contribution in [0.25, 0.3) is 0 Å². The van der Waals surface area contributed by atoms with Crippen molar-refractivity contribution in [3.63, 3.8) is 0 Å². The second-order valence-electron chi connectivity index (χ2n) is 4.11. The first kappa shape index (κ1) is 14.2. The summed E-state index contributed by atoms with van der Waals surface area (Å²) in [4.78, 5) is 0.339. The van der Waals surface area contributed by atoms with Gasteiger partial charge in [0.05, 0.1) is 4.90 Å². The van der Waals surface area contributed by atoms with E-state index in [0.29, 0.717) is 24.5 Å². The Labute approximate surface area is 103 Å². The number of nitrogens with two attached hydrogens (primary N) is 1. The van der Waals surface area contributed by atoms with Crippen LogP contribution >= 0.6 is 0 Å². The molecule has 0 aliphatic rings. The van der Waals surface area contributed by atoms with Crippen molar-refractivity contribution in [1.29, 1.82) is 0 Å². The van der Waals surface area contributed by atoms with Gasteiger partial charge in [-0.3, -0.25) is 0 Å². The highest BCUT2D eigenvalue weighted by Crippen LogP contribution is 2.16. The summed E-state index contributed by atoms with van der Waals surface area (Å²) < 4.78 is 26.1. The first-order chi connectivity index (χ1) is 8.02. The molecule has 0 aliphatic heterocycles. The lowest BCUT2D eigenvalue weighted by atomic mass is 10.2. The highest BCUT2D eigenvalue weighted by Gasteiger charge is 2.23. The summed E-state index contributed by atoms with van der Waals surface area (Å²) >= 11 is 0. The Balaban J connectivity index is 2.95. The molecule has 0 amide bonds. The highest BCUT2D eigenvalue weighted by atomic mass is 32.2. The van der Waals surface area contributed by atoms with Gasteiger partial charge in [-0.25, -0.2) is 8.42 Å². The van der Waals surface area contributed by atoms with Gasteiger partial charge in [0.15, 0.2) is 0 Å². The summed E-state index contributed by atoms with van der Waals surface area (Å²) in [6.07, 6.45) is 0. The molecule has 96 valence electrons. The fourth-order valence-corrected chi connectivity index (χ4v) is 3.15. The van der Waals surface area contributed by atoms with Crippen molar-refractivity contribution in [2.24, 2.45) is 11.7 Å². The average molecular weight is 256 g/mol. The van der Waals surface area contributed by atoms with E-state index in [4.69, 9.17) is 5.73 Å². The minimum Gasteiger partial charge on any atom is -0.330 e. The highest BCUT2D eigenvalue weighted by molar-refractivity contribution is 7.89. The zero-order valence-electron chi connectivity index (χ0n) is 10.3. The standard InChI is InChI=1S/C12H20N2O2S/c1-3-14(10-11(2)9-13)17(15,16)12-7-5-4-6-8-12/h4-8,11H,3,9-10,13H2,1-2H3. The van der Waals surface area contributed by atoms with E-state index in [9.17, 15) is 8.42 Å². The molecule has 0 fully saturated rings. The first-order valence-electron chi connectivity index (χ1n) is 5.77. The van der Waals surface area contributed by atoms with E-state index in [1.54, 1.807) is 30.3 Å². The molecule has 0 aliphatic carbocycles. The SMILES string of the molecule is CCN(CC(C)CN)S(=O)(=O)c1ccccc1. The molecular weight excluding hydrogens is 236 g/mol. The van der Waals surface area contributed by atoms with Crippen LogP contribution in [0.15, 0.2) is 35.2 Å². The molecule has 0 saturated carbocycles. The fraction of sp³-hybridized carbons (Fsp3) is 0.500. The predicted octanol–water partition coefficient (Wildman–Crippen LogP) is 1.29. The smallest absolute Gasteiger partial charge is 0.243 e. The lowest BCUT2D eigenvalue weighted by Gasteiger charge is -2.23. The van der Waals surface area contributed by atoms with Gasteiger partial charge < -0.3 is 5.73 Å². The van der Waals surface area contributed by atoms with Gasteiger partial charge in [0.25, 0.3) is 0 Å². The van der Waals surface area contributed by atoms with Crippen LogP contribution < -0.4 is 5.73 Å². The van der Waals surface area contributed by atoms with Gasteiger partial charge in [0.1, 0.15) is 0 Å². The van der Waals surface area contributed by atoms with Gasteiger partial charge in [-0.15, -0.1) is 0 Å². The number of hydrogen-bond donors (Lipinski definition) is 1. The Morgan fingerprint density at radius 2 is 1.88 bits per heavy atom. The van der Waals surface area contributed by atoms with Crippen LogP contribution in [0.5, 0.6) is 0 Å². The fourth-order valence-electron chi connectivity index (χ4n) is 1.56. The molecule has 1 atom stereocenters. The monoisotopic (exact) mass is 256 g/mol. The van der Waals surface area contributed by atoms with E-state index in [-0.39, 0.29) is 5.92 Å². The average Bonchev–Trinajstić information content (AvgIpc) is 2.36. The summed E-state index contributed by atoms with van der Waals surface area (Å²) in [7, 11) is -3.38. The lowest BCUT2D eigenvalue weighted by molar-refractivity contribution is 0.371. The quantitative estimate of drug-likeness (QED) is 0.834. The third-order valence-corrected chi connectivity index (χ3v) is 4.61. The third kappa shape index (κ3) is 3.52. The van der Waals surface area contributed by atoms with Crippen LogP contribution in [0, 0.1) is 5.92 Å². The Bertz CT molecular complexity index is 431. The molecule has 1 rings (SSSR count). The predicted molar refractivity (Wildman–Crippen MR) is 69.1 cm³/mol. The third-order valence-electron chi connectivity index (χ3n) is 2.65. The molecule has 17 heavy (non-hydrogen) atoms. The minimum atomic E-state index is -3.38. The van der Waals surface area contributed by atoms with E-state index >= 15 is 0 Å².